The summed E-state index contributed by atoms with van der Waals surface area (Å²) in [6.07, 6.45) is 1.69. The predicted octanol–water partition coefficient (Wildman–Crippen LogP) is 4.60. The number of hydrogen-bond acceptors (Lipinski definition) is 6. The second-order valence-corrected chi connectivity index (χ2v) is 8.03. The lowest BCUT2D eigenvalue weighted by Gasteiger charge is -2.33. The minimum Gasteiger partial charge on any atom is -0.471 e. The number of likely N-dealkylation sites (tertiary alicyclic amines) is 1. The van der Waals surface area contributed by atoms with Crippen molar-refractivity contribution in [3.05, 3.63) is 64.7 Å². The quantitative estimate of drug-likeness (QED) is 0.546. The van der Waals surface area contributed by atoms with Crippen molar-refractivity contribution in [2.75, 3.05) is 13.1 Å². The van der Waals surface area contributed by atoms with Crippen LogP contribution in [0.3, 0.4) is 0 Å². The number of piperidine rings is 1. The van der Waals surface area contributed by atoms with Gasteiger partial charge in [0.15, 0.2) is 5.82 Å². The number of hydrogen-bond donors (Lipinski definition) is 0. The van der Waals surface area contributed by atoms with E-state index in [4.69, 9.17) is 16.3 Å². The average Bonchev–Trinajstić information content (AvgIpc) is 2.80. The van der Waals surface area contributed by atoms with Crippen LogP contribution in [0.4, 0.5) is 13.2 Å². The van der Waals surface area contributed by atoms with Gasteiger partial charge >= 0.3 is 6.18 Å². The van der Waals surface area contributed by atoms with Crippen molar-refractivity contribution in [3.63, 3.8) is 0 Å². The van der Waals surface area contributed by atoms with Gasteiger partial charge in [0.05, 0.1) is 17.7 Å². The number of nitrogens with zero attached hydrogens (tertiary/aromatic N) is 5. The molecule has 0 N–H and O–H groups in total. The molecule has 4 heterocycles. The molecular weight excluding hydrogens is 459 g/mol. The van der Waals surface area contributed by atoms with Gasteiger partial charge in [-0.15, -0.1) is 0 Å². The zero-order valence-corrected chi connectivity index (χ0v) is 18.3. The van der Waals surface area contributed by atoms with Gasteiger partial charge in [0.25, 0.3) is 5.91 Å². The van der Waals surface area contributed by atoms with Gasteiger partial charge in [0.2, 0.25) is 5.88 Å². The van der Waals surface area contributed by atoms with Crippen LogP contribution in [-0.2, 0) is 6.18 Å². The van der Waals surface area contributed by atoms with Crippen molar-refractivity contribution < 1.29 is 22.7 Å². The van der Waals surface area contributed by atoms with E-state index >= 15 is 0 Å². The first-order valence-corrected chi connectivity index (χ1v) is 10.5. The molecule has 3 aromatic heterocycles. The lowest BCUT2D eigenvalue weighted by atomic mass is 10.0. The molecule has 1 saturated heterocycles. The molecule has 3 aromatic rings. The Labute approximate surface area is 192 Å². The maximum absolute atomic E-state index is 13.4. The molecule has 0 spiro atoms. The van der Waals surface area contributed by atoms with E-state index in [0.717, 1.165) is 11.6 Å². The maximum Gasteiger partial charge on any atom is 0.417 e. The van der Waals surface area contributed by atoms with Crippen molar-refractivity contribution >= 4 is 17.5 Å². The highest BCUT2D eigenvalue weighted by Gasteiger charge is 2.33. The van der Waals surface area contributed by atoms with E-state index in [-0.39, 0.29) is 23.4 Å². The summed E-state index contributed by atoms with van der Waals surface area (Å²) in [4.78, 5) is 31.5. The zero-order valence-electron chi connectivity index (χ0n) is 17.5. The smallest absolute Gasteiger partial charge is 0.417 e. The minimum atomic E-state index is -4.55. The molecule has 33 heavy (non-hydrogen) atoms. The molecule has 0 bridgehead atoms. The van der Waals surface area contributed by atoms with Crippen LogP contribution in [-0.4, -0.2) is 49.9 Å². The molecule has 1 atom stereocenters. The highest BCUT2D eigenvalue weighted by atomic mass is 35.5. The van der Waals surface area contributed by atoms with Crippen LogP contribution in [0.2, 0.25) is 5.02 Å². The van der Waals surface area contributed by atoms with Crippen LogP contribution in [0.1, 0.15) is 34.3 Å². The van der Waals surface area contributed by atoms with Crippen LogP contribution < -0.4 is 4.74 Å². The summed E-state index contributed by atoms with van der Waals surface area (Å²) in [6, 6.07) is 4.19. The fourth-order valence-electron chi connectivity index (χ4n) is 3.55. The third-order valence-electron chi connectivity index (χ3n) is 5.11. The number of alkyl halides is 3. The molecule has 1 unspecified atom stereocenters. The average molecular weight is 478 g/mol. The van der Waals surface area contributed by atoms with Gasteiger partial charge in [0, 0.05) is 31.3 Å². The van der Waals surface area contributed by atoms with Crippen molar-refractivity contribution in [1.82, 2.24) is 24.8 Å². The van der Waals surface area contributed by atoms with Crippen LogP contribution >= 0.6 is 11.6 Å². The van der Waals surface area contributed by atoms with Crippen molar-refractivity contribution in [1.29, 1.82) is 0 Å². The fraction of sp³-hybridized carbons (Fsp3) is 0.318. The standard InChI is InChI=1S/C22H19ClF3N5O2/c1-13-8-16(18(29-10-13)19-27-5-3-6-28-19)21(32)31-7-2-4-15(12-31)33-20-17(23)9-14(11-30-20)22(24,25)26/h3,5-6,8-11,15H,2,4,7,12H2,1H3. The summed E-state index contributed by atoms with van der Waals surface area (Å²) in [5.74, 6) is -0.0145. The zero-order chi connectivity index (χ0) is 23.6. The molecular formula is C22H19ClF3N5O2. The van der Waals surface area contributed by atoms with E-state index < -0.39 is 17.8 Å². The first-order chi connectivity index (χ1) is 15.7. The van der Waals surface area contributed by atoms with Gasteiger partial charge in [-0.2, -0.15) is 13.2 Å². The van der Waals surface area contributed by atoms with Gasteiger partial charge < -0.3 is 9.64 Å². The lowest BCUT2D eigenvalue weighted by molar-refractivity contribution is -0.137. The van der Waals surface area contributed by atoms with E-state index in [1.807, 2.05) is 6.92 Å². The number of rotatable bonds is 4. The Morgan fingerprint density at radius 1 is 1.15 bits per heavy atom. The first-order valence-electron chi connectivity index (χ1n) is 10.1. The van der Waals surface area contributed by atoms with Gasteiger partial charge in [-0.1, -0.05) is 11.6 Å². The molecule has 0 saturated carbocycles. The molecule has 0 radical (unpaired) electrons. The molecule has 172 valence electrons. The molecule has 1 fully saturated rings. The van der Waals surface area contributed by atoms with E-state index in [9.17, 15) is 18.0 Å². The molecule has 1 aliphatic rings. The molecule has 0 aliphatic carbocycles. The Bertz CT molecular complexity index is 1160. The first kappa shape index (κ1) is 22.9. The monoisotopic (exact) mass is 477 g/mol. The lowest BCUT2D eigenvalue weighted by Crippen LogP contribution is -2.44. The summed E-state index contributed by atoms with van der Waals surface area (Å²) < 4.78 is 44.3. The molecule has 1 amide bonds. The molecule has 4 rings (SSSR count). The van der Waals surface area contributed by atoms with Crippen LogP contribution in [0.15, 0.2) is 43.0 Å². The number of carbonyl (C=O) groups is 1. The highest BCUT2D eigenvalue weighted by molar-refractivity contribution is 6.31. The molecule has 1 aliphatic heterocycles. The second kappa shape index (κ2) is 9.30. The summed E-state index contributed by atoms with van der Waals surface area (Å²) in [5, 5.41) is -0.236. The number of aromatic nitrogens is 4. The van der Waals surface area contributed by atoms with Gasteiger partial charge in [-0.25, -0.2) is 15.0 Å². The Hall–Kier alpha value is -3.27. The Balaban J connectivity index is 1.53. The SMILES string of the molecule is Cc1cnc(-c2ncccn2)c(C(=O)N2CCCC(Oc3ncc(C(F)(F)F)cc3Cl)C2)c1. The molecule has 7 nitrogen and oxygen atoms in total. The Morgan fingerprint density at radius 2 is 1.91 bits per heavy atom. The van der Waals surface area contributed by atoms with E-state index in [1.54, 1.807) is 35.6 Å². The van der Waals surface area contributed by atoms with E-state index in [2.05, 4.69) is 19.9 Å². The Morgan fingerprint density at radius 3 is 2.61 bits per heavy atom. The topological polar surface area (TPSA) is 81.1 Å². The second-order valence-electron chi connectivity index (χ2n) is 7.62. The largest absolute Gasteiger partial charge is 0.471 e. The van der Waals surface area contributed by atoms with Crippen LogP contribution in [0, 0.1) is 6.92 Å². The van der Waals surface area contributed by atoms with Gasteiger partial charge in [-0.05, 0) is 43.5 Å². The number of aryl methyl sites for hydroxylation is 1. The molecule has 0 aromatic carbocycles. The van der Waals surface area contributed by atoms with Gasteiger partial charge in [0.1, 0.15) is 16.8 Å². The number of pyridine rings is 2. The van der Waals surface area contributed by atoms with Gasteiger partial charge in [-0.3, -0.25) is 9.78 Å². The number of amides is 1. The molecule has 11 heteroatoms. The van der Waals surface area contributed by atoms with Crippen molar-refractivity contribution in [3.8, 4) is 17.4 Å². The number of ether oxygens (including phenoxy) is 1. The third kappa shape index (κ3) is 5.22. The number of carbonyl (C=O) groups excluding carboxylic acids is 1. The van der Waals surface area contributed by atoms with E-state index in [0.29, 0.717) is 42.7 Å². The van der Waals surface area contributed by atoms with Crippen molar-refractivity contribution in [2.45, 2.75) is 32.0 Å². The Kier molecular flexibility index (Phi) is 6.46. The number of halogens is 4. The fourth-order valence-corrected chi connectivity index (χ4v) is 3.76. The van der Waals surface area contributed by atoms with Crippen LogP contribution in [0.5, 0.6) is 5.88 Å². The summed E-state index contributed by atoms with van der Waals surface area (Å²) >= 11 is 5.97. The van der Waals surface area contributed by atoms with Crippen LogP contribution in [0.25, 0.3) is 11.5 Å². The van der Waals surface area contributed by atoms with Crippen molar-refractivity contribution in [2.24, 2.45) is 0 Å². The maximum atomic E-state index is 13.4. The third-order valence-corrected chi connectivity index (χ3v) is 5.38. The highest BCUT2D eigenvalue weighted by Crippen LogP contribution is 2.34. The minimum absolute atomic E-state index is 0.0976. The van der Waals surface area contributed by atoms with E-state index in [1.165, 1.54) is 0 Å². The summed E-state index contributed by atoms with van der Waals surface area (Å²) in [5.41, 5.74) is 0.598. The predicted molar refractivity (Wildman–Crippen MR) is 114 cm³/mol. The normalized spacial score (nSPS) is 16.5. The summed E-state index contributed by atoms with van der Waals surface area (Å²) in [7, 11) is 0. The summed E-state index contributed by atoms with van der Waals surface area (Å²) in [6.45, 7) is 2.55.